The van der Waals surface area contributed by atoms with E-state index in [1.54, 1.807) is 31.3 Å². The monoisotopic (exact) mass is 402 g/mol. The lowest BCUT2D eigenvalue weighted by molar-refractivity contribution is -0.125. The van der Waals surface area contributed by atoms with Gasteiger partial charge in [0.1, 0.15) is 18.2 Å². The van der Waals surface area contributed by atoms with Crippen LogP contribution in [-0.4, -0.2) is 50.6 Å². The zero-order valence-electron chi connectivity index (χ0n) is 16.3. The second-order valence-corrected chi connectivity index (χ2v) is 6.06. The number of ether oxygens (including phenoxy) is 3. The maximum absolute atomic E-state index is 12.9. The normalized spacial score (nSPS) is 10.6. The van der Waals surface area contributed by atoms with E-state index in [0.717, 1.165) is 5.56 Å². The van der Waals surface area contributed by atoms with Gasteiger partial charge in [0.25, 0.3) is 5.91 Å². The number of benzene rings is 2. The molecular formula is C21H23FN2O5. The summed E-state index contributed by atoms with van der Waals surface area (Å²) in [6.07, 6.45) is 3.07. The Morgan fingerprint density at radius 1 is 1.10 bits per heavy atom. The minimum absolute atomic E-state index is 0.208. The number of rotatable bonds is 10. The minimum Gasteiger partial charge on any atom is -0.493 e. The standard InChI is InChI=1S/C21H23FN2O5/c1-24(11-12-28-17-7-5-16(22)6-8-17)21(26)10-4-15-3-9-18(19(13-15)27-2)29-14-20(23)25/h3-10,13H,11-12,14H2,1-2H3,(H2,23,25)/b10-4+. The van der Waals surface area contributed by atoms with E-state index in [2.05, 4.69) is 0 Å². The van der Waals surface area contributed by atoms with Gasteiger partial charge in [0.15, 0.2) is 18.1 Å². The molecule has 2 aromatic carbocycles. The SMILES string of the molecule is COc1cc(/C=C/C(=O)N(C)CCOc2ccc(F)cc2)ccc1OCC(N)=O. The Bertz CT molecular complexity index is 868. The maximum atomic E-state index is 12.9. The van der Waals surface area contributed by atoms with Gasteiger partial charge in [0.2, 0.25) is 5.91 Å². The highest BCUT2D eigenvalue weighted by molar-refractivity contribution is 5.91. The Labute approximate surface area is 168 Å². The number of likely N-dealkylation sites (N-methyl/N-ethyl adjacent to an activating group) is 1. The predicted octanol–water partition coefficient (Wildman–Crippen LogP) is 2.25. The molecule has 2 amide bonds. The molecule has 0 aliphatic carbocycles. The molecule has 0 radical (unpaired) electrons. The van der Waals surface area contributed by atoms with Crippen molar-refractivity contribution in [3.05, 3.63) is 59.9 Å². The molecule has 2 N–H and O–H groups in total. The third kappa shape index (κ3) is 7.17. The highest BCUT2D eigenvalue weighted by Gasteiger charge is 2.08. The van der Waals surface area contributed by atoms with Crippen molar-refractivity contribution in [2.45, 2.75) is 0 Å². The van der Waals surface area contributed by atoms with Gasteiger partial charge in [-0.25, -0.2) is 4.39 Å². The number of carbonyl (C=O) groups is 2. The van der Waals surface area contributed by atoms with Crippen LogP contribution in [0.4, 0.5) is 4.39 Å². The molecule has 29 heavy (non-hydrogen) atoms. The molecule has 8 heteroatoms. The van der Waals surface area contributed by atoms with Gasteiger partial charge in [-0.3, -0.25) is 9.59 Å². The largest absolute Gasteiger partial charge is 0.493 e. The molecule has 0 saturated carbocycles. The van der Waals surface area contributed by atoms with E-state index in [0.29, 0.717) is 23.8 Å². The Morgan fingerprint density at radius 3 is 2.48 bits per heavy atom. The molecule has 0 unspecified atom stereocenters. The third-order valence-corrected chi connectivity index (χ3v) is 3.86. The average molecular weight is 402 g/mol. The van der Waals surface area contributed by atoms with Gasteiger partial charge in [-0.05, 0) is 48.0 Å². The van der Waals surface area contributed by atoms with E-state index < -0.39 is 5.91 Å². The zero-order valence-corrected chi connectivity index (χ0v) is 16.3. The van der Waals surface area contributed by atoms with Gasteiger partial charge in [-0.1, -0.05) is 6.07 Å². The Kier molecular flexibility index (Phi) is 8.02. The molecule has 0 bridgehead atoms. The number of primary amides is 1. The van der Waals surface area contributed by atoms with Crippen molar-refractivity contribution in [3.8, 4) is 17.2 Å². The number of halogens is 1. The van der Waals surface area contributed by atoms with E-state index in [4.69, 9.17) is 19.9 Å². The Hall–Kier alpha value is -3.55. The summed E-state index contributed by atoms with van der Waals surface area (Å²) in [7, 11) is 3.13. The van der Waals surface area contributed by atoms with Crippen LogP contribution in [-0.2, 0) is 9.59 Å². The van der Waals surface area contributed by atoms with Crippen LogP contribution >= 0.6 is 0 Å². The predicted molar refractivity (Wildman–Crippen MR) is 106 cm³/mol. The fraction of sp³-hybridized carbons (Fsp3) is 0.238. The molecule has 0 heterocycles. The highest BCUT2D eigenvalue weighted by Crippen LogP contribution is 2.28. The molecule has 0 aliphatic rings. The van der Waals surface area contributed by atoms with Gasteiger partial charge >= 0.3 is 0 Å². The summed E-state index contributed by atoms with van der Waals surface area (Å²) in [5.74, 6) is 0.202. The van der Waals surface area contributed by atoms with Gasteiger partial charge in [-0.15, -0.1) is 0 Å². The van der Waals surface area contributed by atoms with Crippen molar-refractivity contribution in [1.29, 1.82) is 0 Å². The number of methoxy groups -OCH3 is 1. The molecule has 0 saturated heterocycles. The lowest BCUT2D eigenvalue weighted by atomic mass is 10.2. The van der Waals surface area contributed by atoms with Crippen molar-refractivity contribution < 1.29 is 28.2 Å². The quantitative estimate of drug-likeness (QED) is 0.616. The Morgan fingerprint density at radius 2 is 1.83 bits per heavy atom. The zero-order chi connectivity index (χ0) is 21.2. The number of amides is 2. The van der Waals surface area contributed by atoms with Crippen LogP contribution in [0.25, 0.3) is 6.08 Å². The number of carbonyl (C=O) groups excluding carboxylic acids is 2. The molecule has 7 nitrogen and oxygen atoms in total. The van der Waals surface area contributed by atoms with Crippen molar-refractivity contribution in [1.82, 2.24) is 4.90 Å². The lowest BCUT2D eigenvalue weighted by Gasteiger charge is -2.15. The number of nitrogens with zero attached hydrogens (tertiary/aromatic N) is 1. The van der Waals surface area contributed by atoms with Gasteiger partial charge in [0, 0.05) is 13.1 Å². The van der Waals surface area contributed by atoms with Crippen LogP contribution in [0.5, 0.6) is 17.2 Å². The van der Waals surface area contributed by atoms with Gasteiger partial charge in [-0.2, -0.15) is 0 Å². The molecular weight excluding hydrogens is 379 g/mol. The Balaban J connectivity index is 1.88. The summed E-state index contributed by atoms with van der Waals surface area (Å²) in [5.41, 5.74) is 5.78. The molecule has 0 atom stereocenters. The first-order valence-electron chi connectivity index (χ1n) is 8.79. The average Bonchev–Trinajstić information content (AvgIpc) is 2.71. The second-order valence-electron chi connectivity index (χ2n) is 6.06. The molecule has 0 aromatic heterocycles. The molecule has 0 aliphatic heterocycles. The van der Waals surface area contributed by atoms with E-state index in [1.807, 2.05) is 0 Å². The van der Waals surface area contributed by atoms with Crippen LogP contribution < -0.4 is 19.9 Å². The van der Waals surface area contributed by atoms with Crippen molar-refractivity contribution >= 4 is 17.9 Å². The molecule has 2 aromatic rings. The van der Waals surface area contributed by atoms with Crippen LogP contribution in [0.15, 0.2) is 48.5 Å². The summed E-state index contributed by atoms with van der Waals surface area (Å²) in [5, 5.41) is 0. The van der Waals surface area contributed by atoms with Crippen molar-refractivity contribution in [2.75, 3.05) is 33.9 Å². The van der Waals surface area contributed by atoms with Crippen molar-refractivity contribution in [2.24, 2.45) is 5.73 Å². The van der Waals surface area contributed by atoms with Crippen LogP contribution in [0.3, 0.4) is 0 Å². The van der Waals surface area contributed by atoms with Crippen molar-refractivity contribution in [3.63, 3.8) is 0 Å². The smallest absolute Gasteiger partial charge is 0.255 e. The first-order valence-corrected chi connectivity index (χ1v) is 8.79. The summed E-state index contributed by atoms with van der Waals surface area (Å²) in [6.45, 7) is 0.389. The highest BCUT2D eigenvalue weighted by atomic mass is 19.1. The summed E-state index contributed by atoms with van der Waals surface area (Å²) < 4.78 is 28.8. The fourth-order valence-electron chi connectivity index (χ4n) is 2.29. The topological polar surface area (TPSA) is 91.1 Å². The number of hydrogen-bond acceptors (Lipinski definition) is 5. The first-order chi connectivity index (χ1) is 13.9. The van der Waals surface area contributed by atoms with E-state index >= 15 is 0 Å². The summed E-state index contributed by atoms with van der Waals surface area (Å²) in [4.78, 5) is 24.6. The molecule has 2 rings (SSSR count). The number of hydrogen-bond donors (Lipinski definition) is 1. The molecule has 154 valence electrons. The second kappa shape index (κ2) is 10.7. The van der Waals surface area contributed by atoms with Crippen LogP contribution in [0, 0.1) is 5.82 Å². The van der Waals surface area contributed by atoms with E-state index in [9.17, 15) is 14.0 Å². The van der Waals surface area contributed by atoms with Gasteiger partial charge < -0.3 is 24.8 Å². The molecule has 0 spiro atoms. The summed E-state index contributed by atoms with van der Waals surface area (Å²) in [6, 6.07) is 10.7. The summed E-state index contributed by atoms with van der Waals surface area (Å²) >= 11 is 0. The van der Waals surface area contributed by atoms with E-state index in [1.165, 1.54) is 42.4 Å². The molecule has 0 fully saturated rings. The van der Waals surface area contributed by atoms with Gasteiger partial charge in [0.05, 0.1) is 13.7 Å². The fourth-order valence-corrected chi connectivity index (χ4v) is 2.29. The van der Waals surface area contributed by atoms with E-state index in [-0.39, 0.29) is 24.9 Å². The number of nitrogens with two attached hydrogens (primary N) is 1. The first kappa shape index (κ1) is 21.7. The minimum atomic E-state index is -0.590. The maximum Gasteiger partial charge on any atom is 0.255 e. The van der Waals surface area contributed by atoms with Crippen LogP contribution in [0.1, 0.15) is 5.56 Å². The van der Waals surface area contributed by atoms with Crippen LogP contribution in [0.2, 0.25) is 0 Å². The third-order valence-electron chi connectivity index (χ3n) is 3.86. The lowest BCUT2D eigenvalue weighted by Crippen LogP contribution is -2.29.